The van der Waals surface area contributed by atoms with Crippen LogP contribution >= 0.6 is 0 Å². The Bertz CT molecular complexity index is 560. The molecule has 106 valence electrons. The van der Waals surface area contributed by atoms with Crippen molar-refractivity contribution >= 4 is 9.84 Å². The van der Waals surface area contributed by atoms with Crippen molar-refractivity contribution in [1.29, 1.82) is 0 Å². The second-order valence-corrected chi connectivity index (χ2v) is 7.30. The summed E-state index contributed by atoms with van der Waals surface area (Å²) in [6, 6.07) is 5.14. The lowest BCUT2D eigenvalue weighted by Gasteiger charge is -2.23. The first-order valence-corrected chi connectivity index (χ1v) is 8.12. The molecule has 1 heterocycles. The van der Waals surface area contributed by atoms with Gasteiger partial charge < -0.3 is 5.73 Å². The number of sulfone groups is 1. The van der Waals surface area contributed by atoms with Crippen molar-refractivity contribution in [2.45, 2.75) is 25.6 Å². The Morgan fingerprint density at radius 2 is 2.11 bits per heavy atom. The van der Waals surface area contributed by atoms with Gasteiger partial charge in [-0.15, -0.1) is 0 Å². The van der Waals surface area contributed by atoms with Crippen LogP contribution in [0.25, 0.3) is 0 Å². The molecule has 0 amide bonds. The van der Waals surface area contributed by atoms with Gasteiger partial charge in [0.1, 0.15) is 5.82 Å². The first-order valence-electron chi connectivity index (χ1n) is 6.30. The summed E-state index contributed by atoms with van der Waals surface area (Å²) in [7, 11) is -1.08. The Hall–Kier alpha value is -0.980. The van der Waals surface area contributed by atoms with E-state index in [-0.39, 0.29) is 29.9 Å². The van der Waals surface area contributed by atoms with Gasteiger partial charge in [0.05, 0.1) is 11.5 Å². The predicted molar refractivity (Wildman–Crippen MR) is 72.8 cm³/mol. The average Bonchev–Trinajstić information content (AvgIpc) is 2.72. The van der Waals surface area contributed by atoms with E-state index in [4.69, 9.17) is 5.73 Å². The summed E-state index contributed by atoms with van der Waals surface area (Å²) >= 11 is 0. The molecule has 1 unspecified atom stereocenters. The first-order chi connectivity index (χ1) is 8.93. The summed E-state index contributed by atoms with van der Waals surface area (Å²) in [6.07, 6.45) is 0.622. The monoisotopic (exact) mass is 286 g/mol. The van der Waals surface area contributed by atoms with Gasteiger partial charge in [0.25, 0.3) is 0 Å². The molecule has 2 rings (SSSR count). The van der Waals surface area contributed by atoms with Gasteiger partial charge in [0.15, 0.2) is 9.84 Å². The first kappa shape index (κ1) is 14.4. The zero-order chi connectivity index (χ0) is 14.0. The number of halogens is 1. The molecule has 0 radical (unpaired) electrons. The summed E-state index contributed by atoms with van der Waals surface area (Å²) in [5.74, 6) is 0.118. The molecule has 1 aliphatic heterocycles. The molecule has 1 aliphatic rings. The maximum absolute atomic E-state index is 14.0. The van der Waals surface area contributed by atoms with Gasteiger partial charge in [0, 0.05) is 30.3 Å². The van der Waals surface area contributed by atoms with Gasteiger partial charge in [-0.25, -0.2) is 12.8 Å². The highest BCUT2D eigenvalue weighted by atomic mass is 32.2. The molecule has 1 aromatic carbocycles. The minimum Gasteiger partial charge on any atom is -0.326 e. The third kappa shape index (κ3) is 3.32. The summed E-state index contributed by atoms with van der Waals surface area (Å²) in [4.78, 5) is 1.91. The van der Waals surface area contributed by atoms with E-state index in [0.29, 0.717) is 24.1 Å². The van der Waals surface area contributed by atoms with E-state index in [1.54, 1.807) is 18.2 Å². The predicted octanol–water partition coefficient (Wildman–Crippen LogP) is 0.903. The molecule has 1 fully saturated rings. The number of nitrogens with two attached hydrogens (primary N) is 1. The van der Waals surface area contributed by atoms with Crippen LogP contribution in [-0.4, -0.2) is 37.9 Å². The van der Waals surface area contributed by atoms with Crippen molar-refractivity contribution in [1.82, 2.24) is 4.90 Å². The smallest absolute Gasteiger partial charge is 0.151 e. The fourth-order valence-corrected chi connectivity index (χ4v) is 4.24. The molecule has 0 aliphatic carbocycles. The highest BCUT2D eigenvalue weighted by molar-refractivity contribution is 7.91. The number of hydrogen-bond donors (Lipinski definition) is 1. The quantitative estimate of drug-likeness (QED) is 0.893. The lowest BCUT2D eigenvalue weighted by Crippen LogP contribution is -2.32. The topological polar surface area (TPSA) is 63.4 Å². The highest BCUT2D eigenvalue weighted by Gasteiger charge is 2.30. The number of nitrogens with zero attached hydrogens (tertiary/aromatic N) is 1. The highest BCUT2D eigenvalue weighted by Crippen LogP contribution is 2.20. The fourth-order valence-electron chi connectivity index (χ4n) is 2.43. The summed E-state index contributed by atoms with van der Waals surface area (Å²) < 4.78 is 36.9. The summed E-state index contributed by atoms with van der Waals surface area (Å²) in [6.45, 7) is 0.570. The van der Waals surface area contributed by atoms with E-state index in [2.05, 4.69) is 0 Å². The van der Waals surface area contributed by atoms with E-state index < -0.39 is 9.84 Å². The van der Waals surface area contributed by atoms with Crippen LogP contribution in [0.5, 0.6) is 0 Å². The van der Waals surface area contributed by atoms with Gasteiger partial charge in [-0.3, -0.25) is 4.90 Å². The van der Waals surface area contributed by atoms with Gasteiger partial charge >= 0.3 is 0 Å². The van der Waals surface area contributed by atoms with Crippen molar-refractivity contribution in [3.05, 3.63) is 35.1 Å². The Balaban J connectivity index is 2.09. The van der Waals surface area contributed by atoms with E-state index >= 15 is 0 Å². The van der Waals surface area contributed by atoms with Gasteiger partial charge in [-0.2, -0.15) is 0 Å². The lowest BCUT2D eigenvalue weighted by atomic mass is 10.1. The molecule has 2 N–H and O–H groups in total. The minimum absolute atomic E-state index is 0.0223. The van der Waals surface area contributed by atoms with Crippen LogP contribution in [0.4, 0.5) is 4.39 Å². The normalized spacial score (nSPS) is 22.0. The van der Waals surface area contributed by atoms with Crippen LogP contribution in [-0.2, 0) is 22.9 Å². The molecular formula is C13H19FN2O2S. The largest absolute Gasteiger partial charge is 0.326 e. The Labute approximate surface area is 113 Å². The van der Waals surface area contributed by atoms with Crippen molar-refractivity contribution in [2.24, 2.45) is 5.73 Å². The number of benzene rings is 1. The molecule has 4 nitrogen and oxygen atoms in total. The Kier molecular flexibility index (Phi) is 4.23. The standard InChI is InChI=1S/C13H19FN2O2S/c1-16(12-5-6-19(17,18)9-12)8-11-4-2-3-10(7-15)13(11)14/h2-4,12H,5-9,15H2,1H3. The van der Waals surface area contributed by atoms with Crippen LogP contribution in [0.1, 0.15) is 17.5 Å². The van der Waals surface area contributed by atoms with E-state index in [1.165, 1.54) is 0 Å². The van der Waals surface area contributed by atoms with E-state index in [1.807, 2.05) is 11.9 Å². The van der Waals surface area contributed by atoms with Crippen LogP contribution in [0.3, 0.4) is 0 Å². The van der Waals surface area contributed by atoms with E-state index in [9.17, 15) is 12.8 Å². The van der Waals surface area contributed by atoms with Crippen LogP contribution in [0, 0.1) is 5.82 Å². The van der Waals surface area contributed by atoms with Crippen LogP contribution in [0.2, 0.25) is 0 Å². The molecule has 19 heavy (non-hydrogen) atoms. The number of rotatable bonds is 4. The lowest BCUT2D eigenvalue weighted by molar-refractivity contribution is 0.250. The second kappa shape index (κ2) is 5.56. The molecule has 1 atom stereocenters. The van der Waals surface area contributed by atoms with Crippen molar-refractivity contribution < 1.29 is 12.8 Å². The zero-order valence-electron chi connectivity index (χ0n) is 11.0. The van der Waals surface area contributed by atoms with Crippen LogP contribution in [0.15, 0.2) is 18.2 Å². The third-order valence-corrected chi connectivity index (χ3v) is 5.38. The Morgan fingerprint density at radius 3 is 2.68 bits per heavy atom. The zero-order valence-corrected chi connectivity index (χ0v) is 11.8. The van der Waals surface area contributed by atoms with Gasteiger partial charge in [0.2, 0.25) is 0 Å². The molecule has 1 aromatic rings. The van der Waals surface area contributed by atoms with Crippen molar-refractivity contribution in [2.75, 3.05) is 18.6 Å². The molecule has 0 bridgehead atoms. The summed E-state index contributed by atoms with van der Waals surface area (Å²) in [5, 5.41) is 0. The minimum atomic E-state index is -2.91. The molecule has 1 saturated heterocycles. The van der Waals surface area contributed by atoms with Gasteiger partial charge in [-0.05, 0) is 13.5 Å². The van der Waals surface area contributed by atoms with E-state index in [0.717, 1.165) is 0 Å². The average molecular weight is 286 g/mol. The number of hydrogen-bond acceptors (Lipinski definition) is 4. The maximum Gasteiger partial charge on any atom is 0.151 e. The maximum atomic E-state index is 14.0. The van der Waals surface area contributed by atoms with Crippen LogP contribution < -0.4 is 5.73 Å². The Morgan fingerprint density at radius 1 is 1.42 bits per heavy atom. The third-order valence-electron chi connectivity index (χ3n) is 3.63. The van der Waals surface area contributed by atoms with Crippen molar-refractivity contribution in [3.8, 4) is 0 Å². The summed E-state index contributed by atoms with van der Waals surface area (Å²) in [5.41, 5.74) is 6.53. The SMILES string of the molecule is CN(Cc1cccc(CN)c1F)C1CCS(=O)(=O)C1. The molecule has 6 heteroatoms. The van der Waals surface area contributed by atoms with Gasteiger partial charge in [-0.1, -0.05) is 18.2 Å². The second-order valence-electron chi connectivity index (χ2n) is 5.07. The molecule has 0 spiro atoms. The fraction of sp³-hybridized carbons (Fsp3) is 0.538. The van der Waals surface area contributed by atoms with Crippen molar-refractivity contribution in [3.63, 3.8) is 0 Å². The molecular weight excluding hydrogens is 267 g/mol. The molecule has 0 saturated carbocycles. The molecule has 0 aromatic heterocycles.